The van der Waals surface area contributed by atoms with Crippen LogP contribution in [0.1, 0.15) is 41.0 Å². The topological polar surface area (TPSA) is 75.6 Å². The second-order valence-electron chi connectivity index (χ2n) is 6.37. The van der Waals surface area contributed by atoms with E-state index in [0.717, 1.165) is 6.42 Å². The Kier molecular flexibility index (Phi) is 4.59. The van der Waals surface area contributed by atoms with Crippen LogP contribution in [0, 0.1) is 0 Å². The fourth-order valence-electron chi connectivity index (χ4n) is 3.10. The minimum atomic E-state index is -1.02. The standard InChI is InChI=1S/C20H21NO4/c1-3-25-20(2)12-17(20)21-18(22)15-10-6-4-8-13(15)14-9-5-7-11-16(14)19(23)24/h4-11,17H,3,12H2,1-2H3,(H,21,22)(H,23,24)/t17-,20+/m1/s1. The van der Waals surface area contributed by atoms with Gasteiger partial charge in [0, 0.05) is 18.6 Å². The normalized spacial score (nSPS) is 21.6. The number of carboxylic acid groups (broad SMARTS) is 1. The smallest absolute Gasteiger partial charge is 0.336 e. The van der Waals surface area contributed by atoms with Crippen molar-refractivity contribution in [2.75, 3.05) is 6.61 Å². The molecule has 0 unspecified atom stereocenters. The predicted molar refractivity (Wildman–Crippen MR) is 94.7 cm³/mol. The number of nitrogens with one attached hydrogen (secondary N) is 1. The van der Waals surface area contributed by atoms with Crippen molar-refractivity contribution in [3.63, 3.8) is 0 Å². The number of carbonyl (C=O) groups is 2. The summed E-state index contributed by atoms with van der Waals surface area (Å²) in [6, 6.07) is 13.7. The zero-order valence-corrected chi connectivity index (χ0v) is 14.3. The van der Waals surface area contributed by atoms with Crippen molar-refractivity contribution < 1.29 is 19.4 Å². The molecule has 0 aliphatic heterocycles. The molecule has 3 rings (SSSR count). The lowest BCUT2D eigenvalue weighted by molar-refractivity contribution is 0.0470. The van der Waals surface area contributed by atoms with Gasteiger partial charge in [-0.05, 0) is 37.1 Å². The highest BCUT2D eigenvalue weighted by Gasteiger charge is 2.52. The Morgan fingerprint density at radius 3 is 2.28 bits per heavy atom. The van der Waals surface area contributed by atoms with E-state index in [1.54, 1.807) is 48.5 Å². The third-order valence-corrected chi connectivity index (χ3v) is 4.59. The molecule has 25 heavy (non-hydrogen) atoms. The number of carbonyl (C=O) groups excluding carboxylic acids is 1. The second-order valence-corrected chi connectivity index (χ2v) is 6.37. The fraction of sp³-hybridized carbons (Fsp3) is 0.300. The van der Waals surface area contributed by atoms with E-state index in [4.69, 9.17) is 4.74 Å². The highest BCUT2D eigenvalue weighted by atomic mass is 16.5. The van der Waals surface area contributed by atoms with Crippen LogP contribution in [0.2, 0.25) is 0 Å². The van der Waals surface area contributed by atoms with E-state index < -0.39 is 5.97 Å². The molecule has 0 heterocycles. The number of rotatable bonds is 6. The van der Waals surface area contributed by atoms with Gasteiger partial charge >= 0.3 is 5.97 Å². The zero-order chi connectivity index (χ0) is 18.0. The molecule has 0 saturated heterocycles. The lowest BCUT2D eigenvalue weighted by atomic mass is 9.95. The van der Waals surface area contributed by atoms with Gasteiger partial charge in [-0.25, -0.2) is 4.79 Å². The summed E-state index contributed by atoms with van der Waals surface area (Å²) < 4.78 is 5.66. The largest absolute Gasteiger partial charge is 0.478 e. The third kappa shape index (κ3) is 3.42. The van der Waals surface area contributed by atoms with Crippen LogP contribution in [-0.2, 0) is 4.74 Å². The Labute approximate surface area is 146 Å². The first-order valence-electron chi connectivity index (χ1n) is 8.33. The molecule has 130 valence electrons. The Morgan fingerprint density at radius 2 is 1.68 bits per heavy atom. The Hall–Kier alpha value is -2.66. The predicted octanol–water partition coefficient (Wildman–Crippen LogP) is 3.35. The van der Waals surface area contributed by atoms with Crippen LogP contribution in [0.4, 0.5) is 0 Å². The number of hydrogen-bond acceptors (Lipinski definition) is 3. The van der Waals surface area contributed by atoms with E-state index in [-0.39, 0.29) is 23.1 Å². The van der Waals surface area contributed by atoms with Crippen molar-refractivity contribution in [2.45, 2.75) is 31.9 Å². The molecule has 1 fully saturated rings. The lowest BCUT2D eigenvalue weighted by Crippen LogP contribution is -2.32. The van der Waals surface area contributed by atoms with E-state index in [0.29, 0.717) is 23.3 Å². The van der Waals surface area contributed by atoms with E-state index in [1.165, 1.54) is 0 Å². The average Bonchev–Trinajstić information content (AvgIpc) is 3.23. The van der Waals surface area contributed by atoms with Crippen molar-refractivity contribution in [3.8, 4) is 11.1 Å². The van der Waals surface area contributed by atoms with Gasteiger partial charge in [-0.1, -0.05) is 36.4 Å². The summed E-state index contributed by atoms with van der Waals surface area (Å²) >= 11 is 0. The SMILES string of the molecule is CCO[C@@]1(C)C[C@H]1NC(=O)c1ccccc1-c1ccccc1C(=O)O. The first kappa shape index (κ1) is 17.2. The first-order chi connectivity index (χ1) is 12.0. The Balaban J connectivity index is 1.90. The molecule has 5 heteroatoms. The highest BCUT2D eigenvalue weighted by Crippen LogP contribution is 2.39. The fourth-order valence-corrected chi connectivity index (χ4v) is 3.10. The molecular weight excluding hydrogens is 318 g/mol. The average molecular weight is 339 g/mol. The van der Waals surface area contributed by atoms with Crippen molar-refractivity contribution in [1.29, 1.82) is 0 Å². The summed E-state index contributed by atoms with van der Waals surface area (Å²) in [6.07, 6.45) is 0.778. The quantitative estimate of drug-likeness (QED) is 0.846. The van der Waals surface area contributed by atoms with Crippen molar-refractivity contribution >= 4 is 11.9 Å². The summed E-state index contributed by atoms with van der Waals surface area (Å²) in [6.45, 7) is 4.51. The number of hydrogen-bond donors (Lipinski definition) is 2. The Bertz CT molecular complexity index is 817. The summed E-state index contributed by atoms with van der Waals surface area (Å²) in [5.74, 6) is -1.24. The van der Waals surface area contributed by atoms with Crippen LogP contribution in [0.15, 0.2) is 48.5 Å². The number of carboxylic acids is 1. The maximum Gasteiger partial charge on any atom is 0.336 e. The zero-order valence-electron chi connectivity index (χ0n) is 14.3. The lowest BCUT2D eigenvalue weighted by Gasteiger charge is -2.14. The molecule has 0 radical (unpaired) electrons. The van der Waals surface area contributed by atoms with Gasteiger partial charge in [0.05, 0.1) is 17.2 Å². The minimum absolute atomic E-state index is 0.0253. The van der Waals surface area contributed by atoms with Gasteiger partial charge in [0.1, 0.15) is 0 Å². The molecule has 2 aromatic carbocycles. The second kappa shape index (κ2) is 6.69. The molecule has 0 bridgehead atoms. The summed E-state index contributed by atoms with van der Waals surface area (Å²) in [4.78, 5) is 24.3. The summed E-state index contributed by atoms with van der Waals surface area (Å²) in [5.41, 5.74) is 1.47. The van der Waals surface area contributed by atoms with E-state index in [2.05, 4.69) is 5.32 Å². The number of ether oxygens (including phenoxy) is 1. The van der Waals surface area contributed by atoms with Crippen LogP contribution >= 0.6 is 0 Å². The van der Waals surface area contributed by atoms with Crippen LogP contribution in [-0.4, -0.2) is 35.2 Å². The van der Waals surface area contributed by atoms with Crippen LogP contribution in [0.25, 0.3) is 11.1 Å². The van der Waals surface area contributed by atoms with E-state index >= 15 is 0 Å². The minimum Gasteiger partial charge on any atom is -0.478 e. The van der Waals surface area contributed by atoms with E-state index in [9.17, 15) is 14.7 Å². The molecule has 2 atom stereocenters. The molecule has 0 aromatic heterocycles. The van der Waals surface area contributed by atoms with Gasteiger partial charge in [-0.15, -0.1) is 0 Å². The van der Waals surface area contributed by atoms with E-state index in [1.807, 2.05) is 13.8 Å². The molecule has 1 amide bonds. The van der Waals surface area contributed by atoms with Crippen LogP contribution in [0.3, 0.4) is 0 Å². The van der Waals surface area contributed by atoms with Crippen molar-refractivity contribution in [2.24, 2.45) is 0 Å². The summed E-state index contributed by atoms with van der Waals surface area (Å²) in [5, 5.41) is 12.4. The monoisotopic (exact) mass is 339 g/mol. The van der Waals surface area contributed by atoms with Gasteiger partial charge in [-0.3, -0.25) is 4.79 Å². The number of benzene rings is 2. The summed E-state index contributed by atoms with van der Waals surface area (Å²) in [7, 11) is 0. The third-order valence-electron chi connectivity index (χ3n) is 4.59. The highest BCUT2D eigenvalue weighted by molar-refractivity contribution is 6.04. The van der Waals surface area contributed by atoms with Crippen molar-refractivity contribution in [1.82, 2.24) is 5.32 Å². The Morgan fingerprint density at radius 1 is 1.12 bits per heavy atom. The van der Waals surface area contributed by atoms with Gasteiger partial charge in [0.15, 0.2) is 0 Å². The first-order valence-corrected chi connectivity index (χ1v) is 8.33. The maximum atomic E-state index is 12.7. The van der Waals surface area contributed by atoms with Crippen LogP contribution in [0.5, 0.6) is 0 Å². The molecular formula is C20H21NO4. The molecule has 2 aromatic rings. The number of aromatic carboxylic acids is 1. The number of amides is 1. The molecule has 2 N–H and O–H groups in total. The maximum absolute atomic E-state index is 12.7. The van der Waals surface area contributed by atoms with Gasteiger partial charge in [-0.2, -0.15) is 0 Å². The molecule has 1 saturated carbocycles. The molecule has 0 spiro atoms. The molecule has 5 nitrogen and oxygen atoms in total. The van der Waals surface area contributed by atoms with Gasteiger partial charge < -0.3 is 15.2 Å². The van der Waals surface area contributed by atoms with Crippen LogP contribution < -0.4 is 5.32 Å². The molecule has 1 aliphatic carbocycles. The molecule has 1 aliphatic rings. The van der Waals surface area contributed by atoms with Gasteiger partial charge in [0.2, 0.25) is 0 Å². The van der Waals surface area contributed by atoms with Gasteiger partial charge in [0.25, 0.3) is 5.91 Å². The van der Waals surface area contributed by atoms with Crippen molar-refractivity contribution in [3.05, 3.63) is 59.7 Å².